The molecule has 3 heterocycles. The maximum absolute atomic E-state index is 12.8. The summed E-state index contributed by atoms with van der Waals surface area (Å²) in [4.78, 5) is 19.7. The van der Waals surface area contributed by atoms with Crippen LogP contribution in [0, 0.1) is 6.92 Å². The average molecular weight is 522 g/mol. The van der Waals surface area contributed by atoms with Crippen molar-refractivity contribution < 1.29 is 4.79 Å². The minimum absolute atomic E-state index is 0.254. The molecule has 0 aliphatic carbocycles. The topological polar surface area (TPSA) is 63.9 Å². The third kappa shape index (κ3) is 5.16. The molecule has 192 valence electrons. The van der Waals surface area contributed by atoms with E-state index in [2.05, 4.69) is 88.4 Å². The first kappa shape index (κ1) is 24.6. The fourth-order valence-electron chi connectivity index (χ4n) is 5.31. The Morgan fingerprint density at radius 3 is 2.68 bits per heavy atom. The fourth-order valence-corrected chi connectivity index (χ4v) is 6.09. The predicted octanol–water partition coefficient (Wildman–Crippen LogP) is 6.18. The molecule has 0 saturated carbocycles. The zero-order chi connectivity index (χ0) is 25.9. The van der Waals surface area contributed by atoms with E-state index in [1.54, 1.807) is 11.8 Å². The minimum Gasteiger partial charge on any atom is -0.338 e. The van der Waals surface area contributed by atoms with Gasteiger partial charge in [0.15, 0.2) is 5.65 Å². The van der Waals surface area contributed by atoms with Gasteiger partial charge in [-0.1, -0.05) is 84.1 Å². The predicted molar refractivity (Wildman–Crippen MR) is 153 cm³/mol. The van der Waals surface area contributed by atoms with E-state index in [0.29, 0.717) is 11.6 Å². The number of unbranched alkanes of at least 4 members (excludes halogenated alkanes) is 1. The van der Waals surface area contributed by atoms with Crippen molar-refractivity contribution >= 4 is 39.7 Å². The Labute approximate surface area is 227 Å². The Balaban J connectivity index is 1.09. The second-order valence-electron chi connectivity index (χ2n) is 10.00. The summed E-state index contributed by atoms with van der Waals surface area (Å²) in [7, 11) is 0. The molecule has 2 aromatic heterocycles. The number of aryl methyl sites for hydroxylation is 1. The van der Waals surface area contributed by atoms with Crippen LogP contribution >= 0.6 is 11.8 Å². The fraction of sp³-hybridized carbons (Fsp3) is 0.290. The third-order valence-corrected chi connectivity index (χ3v) is 8.20. The lowest BCUT2D eigenvalue weighted by Gasteiger charge is -2.29. The second kappa shape index (κ2) is 11.0. The van der Waals surface area contributed by atoms with Crippen molar-refractivity contribution in [3.05, 3.63) is 95.1 Å². The Morgan fingerprint density at radius 2 is 1.79 bits per heavy atom. The molecule has 0 radical (unpaired) electrons. The van der Waals surface area contributed by atoms with Crippen LogP contribution in [0.4, 0.5) is 0 Å². The second-order valence-corrected chi connectivity index (χ2v) is 11.1. The summed E-state index contributed by atoms with van der Waals surface area (Å²) in [5.41, 5.74) is 7.96. The summed E-state index contributed by atoms with van der Waals surface area (Å²) in [5.74, 6) is 1.12. The summed E-state index contributed by atoms with van der Waals surface area (Å²) in [6, 6.07) is 25.3. The van der Waals surface area contributed by atoms with Crippen molar-refractivity contribution in [3.63, 3.8) is 0 Å². The molecule has 0 bridgehead atoms. The Hall–Kier alpha value is -3.71. The highest BCUT2D eigenvalue weighted by Gasteiger charge is 2.20. The number of fused-ring (bicyclic) bond motifs is 4. The van der Waals surface area contributed by atoms with Crippen molar-refractivity contribution in [2.75, 3.05) is 12.3 Å². The van der Waals surface area contributed by atoms with Gasteiger partial charge in [-0.2, -0.15) is 0 Å². The van der Waals surface area contributed by atoms with Gasteiger partial charge in [0.05, 0.1) is 5.52 Å². The molecule has 1 amide bonds. The quantitative estimate of drug-likeness (QED) is 0.180. The van der Waals surface area contributed by atoms with Crippen LogP contribution in [0.2, 0.25) is 0 Å². The summed E-state index contributed by atoms with van der Waals surface area (Å²) in [6.07, 6.45) is 3.35. The van der Waals surface area contributed by atoms with Gasteiger partial charge in [-0.25, -0.2) is 4.98 Å². The van der Waals surface area contributed by atoms with E-state index in [-0.39, 0.29) is 5.91 Å². The van der Waals surface area contributed by atoms with Crippen molar-refractivity contribution in [3.8, 4) is 0 Å². The number of aromatic nitrogens is 4. The number of nitrogens with zero attached hydrogens (tertiary/aromatic N) is 5. The normalized spacial score (nSPS) is 13.2. The Bertz CT molecular complexity index is 1610. The van der Waals surface area contributed by atoms with Gasteiger partial charge < -0.3 is 9.47 Å². The number of amides is 1. The number of carbonyl (C=O) groups excluding carboxylic acids is 1. The molecule has 3 aromatic carbocycles. The molecule has 1 aliphatic heterocycles. The lowest BCUT2D eigenvalue weighted by Crippen LogP contribution is -2.35. The molecule has 0 N–H and O–H groups in total. The molecule has 6 rings (SSSR count). The highest BCUT2D eigenvalue weighted by molar-refractivity contribution is 7.99. The molecule has 0 unspecified atom stereocenters. The lowest BCUT2D eigenvalue weighted by molar-refractivity contribution is -0.132. The number of rotatable bonds is 8. The van der Waals surface area contributed by atoms with Gasteiger partial charge in [0.25, 0.3) is 0 Å². The SMILES string of the molecule is Cc1cccc(Cn2c3ccccc3c3nnc(SCCCCC(=O)N4CCc5ccccc5C4)nc32)c1. The molecule has 5 aromatic rings. The largest absolute Gasteiger partial charge is 0.338 e. The molecule has 1 aliphatic rings. The van der Waals surface area contributed by atoms with Crippen LogP contribution in [0.5, 0.6) is 0 Å². The van der Waals surface area contributed by atoms with Crippen molar-refractivity contribution in [2.24, 2.45) is 0 Å². The maximum atomic E-state index is 12.8. The molecule has 6 nitrogen and oxygen atoms in total. The number of para-hydroxylation sites is 1. The van der Waals surface area contributed by atoms with Gasteiger partial charge in [-0.3, -0.25) is 4.79 Å². The smallest absolute Gasteiger partial charge is 0.222 e. The molecule has 0 saturated heterocycles. The zero-order valence-corrected chi connectivity index (χ0v) is 22.5. The average Bonchev–Trinajstić information content (AvgIpc) is 3.25. The summed E-state index contributed by atoms with van der Waals surface area (Å²) in [5, 5.41) is 10.8. The van der Waals surface area contributed by atoms with Gasteiger partial charge in [-0.15, -0.1) is 10.2 Å². The number of thioether (sulfide) groups is 1. The number of carbonyl (C=O) groups is 1. The van der Waals surface area contributed by atoms with E-state index in [0.717, 1.165) is 66.7 Å². The van der Waals surface area contributed by atoms with Gasteiger partial charge >= 0.3 is 0 Å². The number of hydrogen-bond acceptors (Lipinski definition) is 5. The molecule has 0 atom stereocenters. The van der Waals surface area contributed by atoms with Crippen LogP contribution in [0.15, 0.2) is 78.0 Å². The highest BCUT2D eigenvalue weighted by Crippen LogP contribution is 2.28. The van der Waals surface area contributed by atoms with Gasteiger partial charge in [0, 0.05) is 37.2 Å². The van der Waals surface area contributed by atoms with E-state index in [9.17, 15) is 4.79 Å². The van der Waals surface area contributed by atoms with Crippen LogP contribution < -0.4 is 0 Å². The van der Waals surface area contributed by atoms with Gasteiger partial charge in [-0.05, 0) is 48.9 Å². The van der Waals surface area contributed by atoms with E-state index in [1.807, 2.05) is 11.0 Å². The molecular formula is C31H31N5OS. The van der Waals surface area contributed by atoms with E-state index < -0.39 is 0 Å². The molecule has 38 heavy (non-hydrogen) atoms. The maximum Gasteiger partial charge on any atom is 0.222 e. The zero-order valence-electron chi connectivity index (χ0n) is 21.6. The van der Waals surface area contributed by atoms with Crippen LogP contribution in [0.3, 0.4) is 0 Å². The van der Waals surface area contributed by atoms with Crippen LogP contribution in [0.25, 0.3) is 22.1 Å². The van der Waals surface area contributed by atoms with Crippen molar-refractivity contribution in [2.45, 2.75) is 50.9 Å². The first-order valence-electron chi connectivity index (χ1n) is 13.3. The monoisotopic (exact) mass is 521 g/mol. The number of benzene rings is 3. The first-order chi connectivity index (χ1) is 18.7. The van der Waals surface area contributed by atoms with Crippen LogP contribution in [0.1, 0.15) is 41.5 Å². The summed E-state index contributed by atoms with van der Waals surface area (Å²) in [6.45, 7) is 4.41. The van der Waals surface area contributed by atoms with Crippen molar-refractivity contribution in [1.82, 2.24) is 24.6 Å². The van der Waals surface area contributed by atoms with Gasteiger partial charge in [0.2, 0.25) is 11.1 Å². The molecule has 0 fully saturated rings. The highest BCUT2D eigenvalue weighted by atomic mass is 32.2. The molecule has 0 spiro atoms. The first-order valence-corrected chi connectivity index (χ1v) is 14.3. The van der Waals surface area contributed by atoms with Crippen LogP contribution in [-0.4, -0.2) is 42.9 Å². The van der Waals surface area contributed by atoms with E-state index in [1.165, 1.54) is 22.3 Å². The Kier molecular flexibility index (Phi) is 7.10. The molecular weight excluding hydrogens is 490 g/mol. The minimum atomic E-state index is 0.254. The van der Waals surface area contributed by atoms with Gasteiger partial charge in [0.1, 0.15) is 5.52 Å². The molecule has 7 heteroatoms. The third-order valence-electron chi connectivity index (χ3n) is 7.28. The van der Waals surface area contributed by atoms with E-state index >= 15 is 0 Å². The van der Waals surface area contributed by atoms with E-state index in [4.69, 9.17) is 4.98 Å². The van der Waals surface area contributed by atoms with Crippen molar-refractivity contribution in [1.29, 1.82) is 0 Å². The summed E-state index contributed by atoms with van der Waals surface area (Å²) < 4.78 is 2.24. The number of hydrogen-bond donors (Lipinski definition) is 0. The van der Waals surface area contributed by atoms with Crippen LogP contribution in [-0.2, 0) is 24.3 Å². The standard InChI is InChI=1S/C31H31N5OS/c1-22-9-8-10-23(19-22)20-36-27-14-5-4-13-26(27)29-30(36)32-31(34-33-29)38-18-7-6-15-28(37)35-17-16-24-11-2-3-12-25(24)21-35/h2-5,8-14,19H,6-7,15-18,20-21H2,1H3. The summed E-state index contributed by atoms with van der Waals surface area (Å²) >= 11 is 1.62. The Morgan fingerprint density at radius 1 is 0.947 bits per heavy atom. The lowest BCUT2D eigenvalue weighted by atomic mass is 9.99.